The van der Waals surface area contributed by atoms with Crippen LogP contribution < -0.4 is 0 Å². The van der Waals surface area contributed by atoms with Gasteiger partial charge in [0, 0.05) is 14.5 Å². The molecule has 1 aromatic carbocycles. The van der Waals surface area contributed by atoms with Crippen molar-refractivity contribution in [2.45, 2.75) is 6.92 Å². The van der Waals surface area contributed by atoms with Gasteiger partial charge >= 0.3 is 5.97 Å². The number of rotatable bonds is 3. The minimum Gasteiger partial charge on any atom is -0.462 e. The topological polar surface area (TPSA) is 43.4 Å². The number of carbonyl (C=O) groups is 2. The van der Waals surface area contributed by atoms with Crippen LogP contribution in [0.15, 0.2) is 21.1 Å². The maximum absolute atomic E-state index is 11.5. The molecule has 0 amide bonds. The van der Waals surface area contributed by atoms with Gasteiger partial charge in [-0.25, -0.2) is 4.79 Å². The Morgan fingerprint density at radius 3 is 2.67 bits per heavy atom. The van der Waals surface area contributed by atoms with Gasteiger partial charge < -0.3 is 4.74 Å². The molecule has 1 aromatic rings. The molecule has 0 bridgehead atoms. The van der Waals surface area contributed by atoms with Gasteiger partial charge in [-0.2, -0.15) is 0 Å². The second kappa shape index (κ2) is 5.42. The largest absolute Gasteiger partial charge is 0.462 e. The number of ether oxygens (including phenoxy) is 1. The molecule has 0 aliphatic carbocycles. The fraction of sp³-hybridized carbons (Fsp3) is 0.200. The lowest BCUT2D eigenvalue weighted by atomic mass is 10.1. The van der Waals surface area contributed by atoms with E-state index in [1.807, 2.05) is 0 Å². The molecule has 0 spiro atoms. The summed E-state index contributed by atoms with van der Waals surface area (Å²) in [6.45, 7) is 1.99. The van der Waals surface area contributed by atoms with Crippen LogP contribution in [0.1, 0.15) is 27.6 Å². The molecule has 0 radical (unpaired) electrons. The van der Waals surface area contributed by atoms with Crippen molar-refractivity contribution in [3.05, 3.63) is 32.2 Å². The minimum absolute atomic E-state index is 0.258. The van der Waals surface area contributed by atoms with Gasteiger partial charge in [-0.3, -0.25) is 4.79 Å². The first kappa shape index (κ1) is 12.4. The standard InChI is InChI=1S/C10H8Br2O3/c1-2-15-10(14)7-3-6(11)4-9(12)8(7)5-13/h3-5H,2H2,1H3. The van der Waals surface area contributed by atoms with Crippen molar-refractivity contribution < 1.29 is 14.3 Å². The molecule has 0 aliphatic heterocycles. The molecular formula is C10H8Br2O3. The van der Waals surface area contributed by atoms with E-state index in [2.05, 4.69) is 31.9 Å². The van der Waals surface area contributed by atoms with Gasteiger partial charge in [0.1, 0.15) is 0 Å². The zero-order valence-corrected chi connectivity index (χ0v) is 11.1. The van der Waals surface area contributed by atoms with E-state index in [0.29, 0.717) is 20.8 Å². The summed E-state index contributed by atoms with van der Waals surface area (Å²) in [7, 11) is 0. The maximum Gasteiger partial charge on any atom is 0.338 e. The molecule has 1 rings (SSSR count). The van der Waals surface area contributed by atoms with Gasteiger partial charge in [0.2, 0.25) is 0 Å². The second-order valence-electron chi connectivity index (χ2n) is 2.69. The molecule has 5 heteroatoms. The third kappa shape index (κ3) is 2.89. The molecular weight excluding hydrogens is 328 g/mol. The maximum atomic E-state index is 11.5. The third-order valence-electron chi connectivity index (χ3n) is 1.71. The first-order valence-corrected chi connectivity index (χ1v) is 5.80. The highest BCUT2D eigenvalue weighted by Crippen LogP contribution is 2.25. The second-order valence-corrected chi connectivity index (χ2v) is 4.46. The number of benzene rings is 1. The molecule has 0 fully saturated rings. The average molecular weight is 336 g/mol. The summed E-state index contributed by atoms with van der Waals surface area (Å²) in [5.41, 5.74) is 0.560. The molecule has 15 heavy (non-hydrogen) atoms. The summed E-state index contributed by atoms with van der Waals surface area (Å²) in [5.74, 6) is -0.499. The predicted molar refractivity (Wildman–Crippen MR) is 63.2 cm³/mol. The lowest BCUT2D eigenvalue weighted by Crippen LogP contribution is -2.08. The molecule has 0 unspecified atom stereocenters. The zero-order chi connectivity index (χ0) is 11.4. The Labute approximate surface area is 104 Å². The highest BCUT2D eigenvalue weighted by Gasteiger charge is 2.15. The number of hydrogen-bond donors (Lipinski definition) is 0. The first-order valence-electron chi connectivity index (χ1n) is 4.21. The van der Waals surface area contributed by atoms with Crippen LogP contribution in [0.4, 0.5) is 0 Å². The Balaban J connectivity index is 3.26. The van der Waals surface area contributed by atoms with E-state index < -0.39 is 5.97 Å². The van der Waals surface area contributed by atoms with Crippen LogP contribution >= 0.6 is 31.9 Å². The van der Waals surface area contributed by atoms with E-state index in [4.69, 9.17) is 4.74 Å². The molecule has 0 N–H and O–H groups in total. The van der Waals surface area contributed by atoms with E-state index in [1.165, 1.54) is 0 Å². The van der Waals surface area contributed by atoms with Crippen molar-refractivity contribution in [3.8, 4) is 0 Å². The van der Waals surface area contributed by atoms with Gasteiger partial charge in [0.25, 0.3) is 0 Å². The van der Waals surface area contributed by atoms with Crippen LogP contribution in [0.2, 0.25) is 0 Å². The first-order chi connectivity index (χ1) is 7.10. The monoisotopic (exact) mass is 334 g/mol. The normalized spacial score (nSPS) is 9.80. The van der Waals surface area contributed by atoms with Crippen LogP contribution in [0, 0.1) is 0 Å². The molecule has 0 heterocycles. The zero-order valence-electron chi connectivity index (χ0n) is 7.92. The summed E-state index contributed by atoms with van der Waals surface area (Å²) in [6, 6.07) is 3.26. The van der Waals surface area contributed by atoms with E-state index in [9.17, 15) is 9.59 Å². The van der Waals surface area contributed by atoms with E-state index in [1.54, 1.807) is 19.1 Å². The number of aldehydes is 1. The van der Waals surface area contributed by atoms with Crippen LogP contribution in [0.3, 0.4) is 0 Å². The predicted octanol–water partition coefficient (Wildman–Crippen LogP) is 3.20. The lowest BCUT2D eigenvalue weighted by Gasteiger charge is -2.06. The smallest absolute Gasteiger partial charge is 0.338 e. The molecule has 0 atom stereocenters. The number of halogens is 2. The Kier molecular flexibility index (Phi) is 4.47. The summed E-state index contributed by atoms with van der Waals surface area (Å²) in [5, 5.41) is 0. The van der Waals surface area contributed by atoms with Gasteiger partial charge in [0.05, 0.1) is 12.2 Å². The quantitative estimate of drug-likeness (QED) is 0.629. The van der Waals surface area contributed by atoms with Crippen LogP contribution in [-0.2, 0) is 4.74 Å². The number of carbonyl (C=O) groups excluding carboxylic acids is 2. The number of hydrogen-bond acceptors (Lipinski definition) is 3. The summed E-state index contributed by atoms with van der Waals surface area (Å²) >= 11 is 6.45. The molecule has 0 saturated heterocycles. The van der Waals surface area contributed by atoms with Crippen molar-refractivity contribution >= 4 is 44.1 Å². The van der Waals surface area contributed by atoms with E-state index >= 15 is 0 Å². The van der Waals surface area contributed by atoms with Crippen molar-refractivity contribution in [1.82, 2.24) is 0 Å². The lowest BCUT2D eigenvalue weighted by molar-refractivity contribution is 0.0524. The summed E-state index contributed by atoms with van der Waals surface area (Å²) in [6.07, 6.45) is 0.628. The fourth-order valence-corrected chi connectivity index (χ4v) is 2.40. The Morgan fingerprint density at radius 1 is 1.47 bits per heavy atom. The Bertz CT molecular complexity index is 402. The van der Waals surface area contributed by atoms with Crippen LogP contribution in [0.25, 0.3) is 0 Å². The fourth-order valence-electron chi connectivity index (χ4n) is 1.08. The van der Waals surface area contributed by atoms with E-state index in [-0.39, 0.29) is 12.2 Å². The van der Waals surface area contributed by atoms with Gasteiger partial charge in [-0.05, 0) is 35.0 Å². The molecule has 0 aliphatic rings. The molecule has 80 valence electrons. The summed E-state index contributed by atoms with van der Waals surface area (Å²) in [4.78, 5) is 22.3. The SMILES string of the molecule is CCOC(=O)c1cc(Br)cc(Br)c1C=O. The average Bonchev–Trinajstić information content (AvgIpc) is 2.17. The molecule has 0 aromatic heterocycles. The minimum atomic E-state index is -0.499. The summed E-state index contributed by atoms with van der Waals surface area (Å²) < 4.78 is 6.12. The van der Waals surface area contributed by atoms with Gasteiger partial charge in [-0.15, -0.1) is 0 Å². The van der Waals surface area contributed by atoms with Crippen molar-refractivity contribution in [2.75, 3.05) is 6.61 Å². The highest BCUT2D eigenvalue weighted by atomic mass is 79.9. The number of esters is 1. The Morgan fingerprint density at radius 2 is 2.13 bits per heavy atom. The third-order valence-corrected chi connectivity index (χ3v) is 2.82. The van der Waals surface area contributed by atoms with Gasteiger partial charge in [-0.1, -0.05) is 15.9 Å². The van der Waals surface area contributed by atoms with Crippen molar-refractivity contribution in [3.63, 3.8) is 0 Å². The molecule has 0 saturated carbocycles. The van der Waals surface area contributed by atoms with Gasteiger partial charge in [0.15, 0.2) is 6.29 Å². The van der Waals surface area contributed by atoms with Crippen molar-refractivity contribution in [2.24, 2.45) is 0 Å². The highest BCUT2D eigenvalue weighted by molar-refractivity contribution is 9.11. The van der Waals surface area contributed by atoms with Crippen LogP contribution in [0.5, 0.6) is 0 Å². The van der Waals surface area contributed by atoms with E-state index in [0.717, 1.165) is 0 Å². The Hall–Kier alpha value is -0.680. The molecule has 3 nitrogen and oxygen atoms in total. The van der Waals surface area contributed by atoms with Crippen molar-refractivity contribution in [1.29, 1.82) is 0 Å². The van der Waals surface area contributed by atoms with Crippen LogP contribution in [-0.4, -0.2) is 18.9 Å².